The van der Waals surface area contributed by atoms with Crippen molar-refractivity contribution in [1.82, 2.24) is 15.1 Å². The zero-order chi connectivity index (χ0) is 24.8. The Bertz CT molecular complexity index is 1060. The van der Waals surface area contributed by atoms with Crippen molar-refractivity contribution in [2.75, 3.05) is 51.5 Å². The number of hydrogen-bond donors (Lipinski definition) is 1. The number of anilines is 1. The first-order chi connectivity index (χ1) is 16.9. The molecule has 186 valence electrons. The third-order valence-corrected chi connectivity index (χ3v) is 6.71. The van der Waals surface area contributed by atoms with Gasteiger partial charge in [0.2, 0.25) is 5.91 Å². The van der Waals surface area contributed by atoms with E-state index in [1.807, 2.05) is 30.3 Å². The Morgan fingerprint density at radius 1 is 1.09 bits per heavy atom. The summed E-state index contributed by atoms with van der Waals surface area (Å²) in [7, 11) is 1.61. The first-order valence-electron chi connectivity index (χ1n) is 11.9. The number of nitrogens with one attached hydrogen (secondary N) is 1. The Morgan fingerprint density at radius 2 is 1.83 bits per heavy atom. The van der Waals surface area contributed by atoms with Crippen LogP contribution in [0.4, 0.5) is 10.1 Å². The number of piperidine rings is 1. The summed E-state index contributed by atoms with van der Waals surface area (Å²) in [6.45, 7) is 2.04. The van der Waals surface area contributed by atoms with Crippen molar-refractivity contribution >= 4 is 23.4 Å². The van der Waals surface area contributed by atoms with E-state index in [4.69, 9.17) is 4.74 Å². The van der Waals surface area contributed by atoms with Gasteiger partial charge in [0.05, 0.1) is 6.67 Å². The Balaban J connectivity index is 1.49. The highest BCUT2D eigenvalue weighted by atomic mass is 19.1. The molecule has 0 unspecified atom stereocenters. The maximum atomic E-state index is 13.7. The molecule has 2 fully saturated rings. The molecule has 2 aliphatic rings. The zero-order valence-corrected chi connectivity index (χ0v) is 19.9. The van der Waals surface area contributed by atoms with Gasteiger partial charge in [-0.15, -0.1) is 0 Å². The van der Waals surface area contributed by atoms with Gasteiger partial charge in [-0.1, -0.05) is 24.3 Å². The number of amides is 3. The molecule has 2 heterocycles. The SMILES string of the molecule is COCCCNC(=O)CN1CN(c2ccccc2)C2(CCN(C(=O)c3cccc(F)c3)CC2)C1=O. The molecule has 0 bridgehead atoms. The van der Waals surface area contributed by atoms with Gasteiger partial charge in [-0.25, -0.2) is 4.39 Å². The second-order valence-corrected chi connectivity index (χ2v) is 8.94. The number of benzene rings is 2. The quantitative estimate of drug-likeness (QED) is 0.584. The molecule has 1 spiro atoms. The maximum Gasteiger partial charge on any atom is 0.253 e. The van der Waals surface area contributed by atoms with Gasteiger partial charge in [-0.05, 0) is 49.6 Å². The van der Waals surface area contributed by atoms with Crippen LogP contribution in [0.2, 0.25) is 0 Å². The monoisotopic (exact) mass is 482 g/mol. The molecule has 0 saturated carbocycles. The van der Waals surface area contributed by atoms with Crippen molar-refractivity contribution in [3.63, 3.8) is 0 Å². The first-order valence-corrected chi connectivity index (χ1v) is 11.9. The molecule has 0 radical (unpaired) electrons. The lowest BCUT2D eigenvalue weighted by molar-refractivity contribution is -0.137. The third-order valence-electron chi connectivity index (χ3n) is 6.71. The fourth-order valence-corrected chi connectivity index (χ4v) is 4.88. The topological polar surface area (TPSA) is 82.2 Å². The summed E-state index contributed by atoms with van der Waals surface area (Å²) in [5.74, 6) is -1.02. The average molecular weight is 483 g/mol. The van der Waals surface area contributed by atoms with Gasteiger partial charge in [0.15, 0.2) is 0 Å². The summed E-state index contributed by atoms with van der Waals surface area (Å²) in [6.07, 6.45) is 1.55. The standard InChI is InChI=1S/C26H31FN4O4/c1-35-16-6-13-28-23(32)18-30-19-31(22-9-3-2-4-10-22)26(25(30)34)11-14-29(15-12-26)24(33)20-7-5-8-21(27)17-20/h2-5,7-10,17H,6,11-16,18-19H2,1H3,(H,28,32). The first kappa shape index (κ1) is 24.7. The van der Waals surface area contributed by atoms with E-state index in [-0.39, 0.29) is 24.3 Å². The molecule has 9 heteroatoms. The van der Waals surface area contributed by atoms with Crippen molar-refractivity contribution in [3.8, 4) is 0 Å². The predicted molar refractivity (Wildman–Crippen MR) is 129 cm³/mol. The molecule has 2 aromatic carbocycles. The molecule has 3 amide bonds. The van der Waals surface area contributed by atoms with Gasteiger partial charge in [0.1, 0.15) is 17.9 Å². The van der Waals surface area contributed by atoms with Gasteiger partial charge in [0, 0.05) is 44.6 Å². The number of halogens is 1. The van der Waals surface area contributed by atoms with Crippen molar-refractivity contribution < 1.29 is 23.5 Å². The third kappa shape index (κ3) is 5.30. The average Bonchev–Trinajstić information content (AvgIpc) is 3.13. The van der Waals surface area contributed by atoms with Crippen LogP contribution in [0.1, 0.15) is 29.6 Å². The molecule has 0 atom stereocenters. The van der Waals surface area contributed by atoms with E-state index in [1.165, 1.54) is 18.2 Å². The maximum absolute atomic E-state index is 13.7. The molecule has 8 nitrogen and oxygen atoms in total. The molecular formula is C26H31FN4O4. The highest BCUT2D eigenvalue weighted by Crippen LogP contribution is 2.39. The Morgan fingerprint density at radius 3 is 2.51 bits per heavy atom. The molecule has 0 aliphatic carbocycles. The number of carbonyl (C=O) groups excluding carboxylic acids is 3. The van der Waals surface area contributed by atoms with Gasteiger partial charge in [-0.2, -0.15) is 0 Å². The van der Waals surface area contributed by atoms with E-state index in [1.54, 1.807) is 23.0 Å². The second kappa shape index (κ2) is 10.9. The van der Waals surface area contributed by atoms with Crippen LogP contribution in [0.15, 0.2) is 54.6 Å². The summed E-state index contributed by atoms with van der Waals surface area (Å²) in [6, 6.07) is 15.3. The number of para-hydroxylation sites is 1. The minimum Gasteiger partial charge on any atom is -0.385 e. The summed E-state index contributed by atoms with van der Waals surface area (Å²) in [4.78, 5) is 44.4. The molecule has 0 aromatic heterocycles. The summed E-state index contributed by atoms with van der Waals surface area (Å²) >= 11 is 0. The van der Waals surface area contributed by atoms with Crippen LogP contribution in [0.5, 0.6) is 0 Å². The fraction of sp³-hybridized carbons (Fsp3) is 0.423. The van der Waals surface area contributed by atoms with Crippen LogP contribution in [0.3, 0.4) is 0 Å². The predicted octanol–water partition coefficient (Wildman–Crippen LogP) is 2.26. The van der Waals surface area contributed by atoms with Crippen molar-refractivity contribution in [1.29, 1.82) is 0 Å². The Labute approximate surface area is 204 Å². The van der Waals surface area contributed by atoms with Gasteiger partial charge >= 0.3 is 0 Å². The van der Waals surface area contributed by atoms with Crippen LogP contribution < -0.4 is 10.2 Å². The van der Waals surface area contributed by atoms with Crippen molar-refractivity contribution in [3.05, 3.63) is 66.0 Å². The summed E-state index contributed by atoms with van der Waals surface area (Å²) in [5.41, 5.74) is 0.357. The Kier molecular flexibility index (Phi) is 7.65. The number of carbonyl (C=O) groups is 3. The number of nitrogens with zero attached hydrogens (tertiary/aromatic N) is 3. The van der Waals surface area contributed by atoms with E-state index in [0.717, 1.165) is 5.69 Å². The van der Waals surface area contributed by atoms with Crippen molar-refractivity contribution in [2.45, 2.75) is 24.8 Å². The highest BCUT2D eigenvalue weighted by molar-refractivity contribution is 5.97. The number of methoxy groups -OCH3 is 1. The molecule has 2 saturated heterocycles. The van der Waals surface area contributed by atoms with Crippen LogP contribution in [0.25, 0.3) is 0 Å². The molecule has 2 aromatic rings. The van der Waals surface area contributed by atoms with Crippen LogP contribution in [-0.4, -0.2) is 79.6 Å². The molecule has 2 aliphatic heterocycles. The number of hydrogen-bond acceptors (Lipinski definition) is 5. The van der Waals surface area contributed by atoms with E-state index in [0.29, 0.717) is 57.7 Å². The largest absolute Gasteiger partial charge is 0.385 e. The van der Waals surface area contributed by atoms with E-state index >= 15 is 0 Å². The van der Waals surface area contributed by atoms with E-state index in [9.17, 15) is 18.8 Å². The molecule has 4 rings (SSSR count). The number of likely N-dealkylation sites (tertiary alicyclic amines) is 1. The van der Waals surface area contributed by atoms with Crippen LogP contribution in [0, 0.1) is 5.82 Å². The molecule has 35 heavy (non-hydrogen) atoms. The Hall–Kier alpha value is -3.46. The normalized spacial score (nSPS) is 17.2. The second-order valence-electron chi connectivity index (χ2n) is 8.94. The zero-order valence-electron chi connectivity index (χ0n) is 19.9. The lowest BCUT2D eigenvalue weighted by atomic mass is 9.85. The van der Waals surface area contributed by atoms with Crippen LogP contribution in [-0.2, 0) is 14.3 Å². The van der Waals surface area contributed by atoms with Gasteiger partial charge in [-0.3, -0.25) is 14.4 Å². The lowest BCUT2D eigenvalue weighted by Gasteiger charge is -2.43. The number of rotatable bonds is 8. The smallest absolute Gasteiger partial charge is 0.253 e. The van der Waals surface area contributed by atoms with E-state index in [2.05, 4.69) is 10.2 Å². The molecule has 1 N–H and O–H groups in total. The summed E-state index contributed by atoms with van der Waals surface area (Å²) < 4.78 is 18.6. The van der Waals surface area contributed by atoms with Gasteiger partial charge in [0.25, 0.3) is 11.8 Å². The lowest BCUT2D eigenvalue weighted by Crippen LogP contribution is -2.57. The fourth-order valence-electron chi connectivity index (χ4n) is 4.88. The highest BCUT2D eigenvalue weighted by Gasteiger charge is 2.54. The number of ether oxygens (including phenoxy) is 1. The summed E-state index contributed by atoms with van der Waals surface area (Å²) in [5, 5.41) is 2.84. The minimum absolute atomic E-state index is 0.0250. The van der Waals surface area contributed by atoms with Gasteiger partial charge < -0.3 is 24.8 Å². The van der Waals surface area contributed by atoms with E-state index < -0.39 is 11.4 Å². The molecular weight excluding hydrogens is 451 g/mol. The van der Waals surface area contributed by atoms with Crippen molar-refractivity contribution in [2.24, 2.45) is 0 Å². The van der Waals surface area contributed by atoms with Crippen LogP contribution >= 0.6 is 0 Å². The minimum atomic E-state index is -0.837.